The van der Waals surface area contributed by atoms with E-state index >= 15 is 0 Å². The van der Waals surface area contributed by atoms with Crippen molar-refractivity contribution >= 4 is 23.2 Å². The molecule has 20 heavy (non-hydrogen) atoms. The quantitative estimate of drug-likeness (QED) is 0.845. The second-order valence-corrected chi connectivity index (χ2v) is 4.60. The molecule has 0 heterocycles. The standard InChI is InChI=1S/C13H15ClF3NO2/c1-8-3-4-10(6-20-7-13(15,16)17)12(9(8)2)18-11(19)5-14/h3-4H,5-7H2,1-2H3,(H,18,19). The van der Waals surface area contributed by atoms with Gasteiger partial charge in [-0.15, -0.1) is 11.6 Å². The lowest BCUT2D eigenvalue weighted by Crippen LogP contribution is -2.18. The predicted octanol–water partition coefficient (Wildman–Crippen LogP) is 3.56. The van der Waals surface area contributed by atoms with Crippen molar-refractivity contribution in [2.24, 2.45) is 0 Å². The summed E-state index contributed by atoms with van der Waals surface area (Å²) in [5.74, 6) is -0.645. The molecule has 0 aromatic heterocycles. The van der Waals surface area contributed by atoms with Crippen molar-refractivity contribution in [1.29, 1.82) is 0 Å². The first kappa shape index (κ1) is 16.8. The number of carbonyl (C=O) groups is 1. The summed E-state index contributed by atoms with van der Waals surface area (Å²) in [7, 11) is 0. The van der Waals surface area contributed by atoms with E-state index in [1.807, 2.05) is 6.92 Å². The number of hydrogen-bond donors (Lipinski definition) is 1. The third-order valence-corrected chi connectivity index (χ3v) is 2.97. The molecule has 0 bridgehead atoms. The highest BCUT2D eigenvalue weighted by Gasteiger charge is 2.27. The summed E-state index contributed by atoms with van der Waals surface area (Å²) in [6, 6.07) is 3.39. The summed E-state index contributed by atoms with van der Waals surface area (Å²) in [5.41, 5.74) is 2.62. The number of anilines is 1. The fourth-order valence-electron chi connectivity index (χ4n) is 1.62. The molecule has 0 fully saturated rings. The Hall–Kier alpha value is -1.27. The first-order chi connectivity index (χ1) is 9.24. The zero-order valence-corrected chi connectivity index (χ0v) is 11.9. The van der Waals surface area contributed by atoms with Crippen molar-refractivity contribution in [3.05, 3.63) is 28.8 Å². The Kier molecular flexibility index (Phi) is 5.83. The molecule has 1 aromatic rings. The highest BCUT2D eigenvalue weighted by atomic mass is 35.5. The van der Waals surface area contributed by atoms with Crippen LogP contribution in [0.4, 0.5) is 18.9 Å². The van der Waals surface area contributed by atoms with Crippen LogP contribution in [-0.4, -0.2) is 24.6 Å². The van der Waals surface area contributed by atoms with E-state index in [0.29, 0.717) is 11.3 Å². The van der Waals surface area contributed by atoms with Crippen molar-refractivity contribution in [2.45, 2.75) is 26.6 Å². The molecule has 3 nitrogen and oxygen atoms in total. The average molecular weight is 310 g/mol. The minimum atomic E-state index is -4.38. The van der Waals surface area contributed by atoms with Crippen LogP contribution in [-0.2, 0) is 16.1 Å². The van der Waals surface area contributed by atoms with Crippen LogP contribution in [0.1, 0.15) is 16.7 Å². The van der Waals surface area contributed by atoms with Gasteiger partial charge in [-0.2, -0.15) is 13.2 Å². The van der Waals surface area contributed by atoms with Gasteiger partial charge in [-0.05, 0) is 25.0 Å². The first-order valence-electron chi connectivity index (χ1n) is 5.84. The Labute approximate surface area is 120 Å². The number of halogens is 4. The molecule has 7 heteroatoms. The van der Waals surface area contributed by atoms with Crippen LogP contribution in [0.15, 0.2) is 12.1 Å². The molecule has 0 saturated carbocycles. The number of aryl methyl sites for hydroxylation is 1. The number of carbonyl (C=O) groups excluding carboxylic acids is 1. The SMILES string of the molecule is Cc1ccc(COCC(F)(F)F)c(NC(=O)CCl)c1C. The van der Waals surface area contributed by atoms with E-state index in [9.17, 15) is 18.0 Å². The number of amides is 1. The fourth-order valence-corrected chi connectivity index (χ4v) is 1.68. The summed E-state index contributed by atoms with van der Waals surface area (Å²) in [6.07, 6.45) is -4.38. The van der Waals surface area contributed by atoms with E-state index in [0.717, 1.165) is 11.1 Å². The molecule has 1 rings (SSSR count). The van der Waals surface area contributed by atoms with Crippen LogP contribution in [0.3, 0.4) is 0 Å². The Morgan fingerprint density at radius 2 is 2.00 bits per heavy atom. The summed E-state index contributed by atoms with van der Waals surface area (Å²) >= 11 is 5.42. The molecule has 0 aliphatic rings. The van der Waals surface area contributed by atoms with E-state index in [4.69, 9.17) is 11.6 Å². The maximum atomic E-state index is 12.1. The van der Waals surface area contributed by atoms with E-state index in [2.05, 4.69) is 10.1 Å². The van der Waals surface area contributed by atoms with Gasteiger partial charge in [0.15, 0.2) is 0 Å². The van der Waals surface area contributed by atoms with Crippen LogP contribution in [0.5, 0.6) is 0 Å². The molecule has 0 atom stereocenters. The Bertz CT molecular complexity index is 489. The summed E-state index contributed by atoms with van der Waals surface area (Å²) < 4.78 is 40.8. The van der Waals surface area contributed by atoms with Gasteiger partial charge >= 0.3 is 6.18 Å². The number of rotatable bonds is 5. The van der Waals surface area contributed by atoms with Crippen LogP contribution in [0.25, 0.3) is 0 Å². The Morgan fingerprint density at radius 3 is 2.55 bits per heavy atom. The lowest BCUT2D eigenvalue weighted by atomic mass is 10.0. The Morgan fingerprint density at radius 1 is 1.35 bits per heavy atom. The normalized spacial score (nSPS) is 11.5. The molecule has 1 N–H and O–H groups in total. The maximum absolute atomic E-state index is 12.1. The number of alkyl halides is 4. The molecule has 0 spiro atoms. The summed E-state index contributed by atoms with van der Waals surface area (Å²) in [6.45, 7) is 2.04. The summed E-state index contributed by atoms with van der Waals surface area (Å²) in [5, 5.41) is 2.58. The highest BCUT2D eigenvalue weighted by molar-refractivity contribution is 6.29. The molecule has 0 aliphatic carbocycles. The molecule has 0 unspecified atom stereocenters. The van der Waals surface area contributed by atoms with Gasteiger partial charge in [0.05, 0.1) is 6.61 Å². The smallest absolute Gasteiger partial charge is 0.367 e. The lowest BCUT2D eigenvalue weighted by Gasteiger charge is -2.16. The number of hydrogen-bond acceptors (Lipinski definition) is 2. The molecule has 0 aliphatic heterocycles. The first-order valence-corrected chi connectivity index (χ1v) is 6.37. The van der Waals surface area contributed by atoms with Crippen molar-refractivity contribution in [1.82, 2.24) is 0 Å². The maximum Gasteiger partial charge on any atom is 0.411 e. The highest BCUT2D eigenvalue weighted by Crippen LogP contribution is 2.25. The van der Waals surface area contributed by atoms with Gasteiger partial charge in [-0.25, -0.2) is 0 Å². The zero-order chi connectivity index (χ0) is 15.3. The van der Waals surface area contributed by atoms with Gasteiger partial charge in [0.25, 0.3) is 0 Å². The minimum Gasteiger partial charge on any atom is -0.367 e. The largest absolute Gasteiger partial charge is 0.411 e. The number of benzene rings is 1. The van der Waals surface area contributed by atoms with Gasteiger partial charge in [0.1, 0.15) is 12.5 Å². The van der Waals surface area contributed by atoms with Gasteiger partial charge < -0.3 is 10.1 Å². The Balaban J connectivity index is 2.89. The van der Waals surface area contributed by atoms with Crippen LogP contribution >= 0.6 is 11.6 Å². The van der Waals surface area contributed by atoms with Gasteiger partial charge in [-0.1, -0.05) is 12.1 Å². The second kappa shape index (κ2) is 6.95. The zero-order valence-electron chi connectivity index (χ0n) is 11.1. The molecule has 1 aromatic carbocycles. The minimum absolute atomic E-state index is 0.226. The van der Waals surface area contributed by atoms with Crippen LogP contribution in [0.2, 0.25) is 0 Å². The fraction of sp³-hybridized carbons (Fsp3) is 0.462. The van der Waals surface area contributed by atoms with Crippen LogP contribution in [0, 0.1) is 13.8 Å². The molecule has 0 radical (unpaired) electrons. The van der Waals surface area contributed by atoms with E-state index in [1.54, 1.807) is 19.1 Å². The molecule has 112 valence electrons. The van der Waals surface area contributed by atoms with Crippen molar-refractivity contribution in [3.63, 3.8) is 0 Å². The van der Waals surface area contributed by atoms with E-state index in [-0.39, 0.29) is 12.5 Å². The lowest BCUT2D eigenvalue weighted by molar-refractivity contribution is -0.176. The molecular formula is C13H15ClF3NO2. The molecular weight excluding hydrogens is 295 g/mol. The van der Waals surface area contributed by atoms with Gasteiger partial charge in [0, 0.05) is 11.3 Å². The number of ether oxygens (including phenoxy) is 1. The second-order valence-electron chi connectivity index (χ2n) is 4.33. The van der Waals surface area contributed by atoms with Crippen molar-refractivity contribution < 1.29 is 22.7 Å². The third-order valence-electron chi connectivity index (χ3n) is 2.73. The van der Waals surface area contributed by atoms with Crippen molar-refractivity contribution in [2.75, 3.05) is 17.8 Å². The third kappa shape index (κ3) is 5.02. The monoisotopic (exact) mass is 309 g/mol. The average Bonchev–Trinajstić information content (AvgIpc) is 2.36. The predicted molar refractivity (Wildman–Crippen MR) is 71.0 cm³/mol. The topological polar surface area (TPSA) is 38.3 Å². The van der Waals surface area contributed by atoms with Gasteiger partial charge in [0.2, 0.25) is 5.91 Å². The van der Waals surface area contributed by atoms with E-state index < -0.39 is 18.7 Å². The molecule has 0 saturated heterocycles. The van der Waals surface area contributed by atoms with E-state index in [1.165, 1.54) is 0 Å². The number of nitrogens with one attached hydrogen (secondary N) is 1. The summed E-state index contributed by atoms with van der Waals surface area (Å²) in [4.78, 5) is 11.4. The van der Waals surface area contributed by atoms with Crippen LogP contribution < -0.4 is 5.32 Å². The van der Waals surface area contributed by atoms with Crippen molar-refractivity contribution in [3.8, 4) is 0 Å². The van der Waals surface area contributed by atoms with Gasteiger partial charge in [-0.3, -0.25) is 4.79 Å². The molecule has 1 amide bonds.